The second-order valence-electron chi connectivity index (χ2n) is 5.39. The average Bonchev–Trinajstić information content (AvgIpc) is 2.50. The van der Waals surface area contributed by atoms with Crippen molar-refractivity contribution in [3.63, 3.8) is 0 Å². The van der Waals surface area contributed by atoms with Crippen molar-refractivity contribution in [2.75, 3.05) is 5.32 Å². The third kappa shape index (κ3) is 4.36. The van der Waals surface area contributed by atoms with Crippen LogP contribution in [0.5, 0.6) is 0 Å². The molecule has 21 heavy (non-hydrogen) atoms. The molecule has 0 spiro atoms. The van der Waals surface area contributed by atoms with E-state index in [1.165, 1.54) is 17.5 Å². The van der Waals surface area contributed by atoms with Crippen LogP contribution in [0.2, 0.25) is 0 Å². The second-order valence-corrected chi connectivity index (χ2v) is 5.39. The Bertz CT molecular complexity index is 591. The number of anilines is 1. The molecule has 0 aromatic heterocycles. The van der Waals surface area contributed by atoms with Crippen LogP contribution in [0.3, 0.4) is 0 Å². The minimum atomic E-state index is 0.266. The quantitative estimate of drug-likeness (QED) is 0.817. The first-order valence-electron chi connectivity index (χ1n) is 7.54. The van der Waals surface area contributed by atoms with Crippen LogP contribution in [0.4, 0.5) is 5.69 Å². The molecule has 1 unspecified atom stereocenters. The molecule has 2 aromatic carbocycles. The Balaban J connectivity index is 2.00. The van der Waals surface area contributed by atoms with Crippen LogP contribution in [-0.4, -0.2) is 0 Å². The van der Waals surface area contributed by atoms with Gasteiger partial charge in [-0.3, -0.25) is 0 Å². The van der Waals surface area contributed by atoms with Crippen molar-refractivity contribution in [2.24, 2.45) is 0 Å². The maximum absolute atomic E-state index is 8.68. The largest absolute Gasteiger partial charge is 0.379 e. The SMILES string of the molecule is CCCc1ccc(C(C)Nc2ccc(CC#N)cc2)cc1. The van der Waals surface area contributed by atoms with Crippen molar-refractivity contribution in [1.29, 1.82) is 5.26 Å². The third-order valence-electron chi connectivity index (χ3n) is 3.64. The van der Waals surface area contributed by atoms with Crippen LogP contribution in [0.15, 0.2) is 48.5 Å². The van der Waals surface area contributed by atoms with Crippen LogP contribution in [0.25, 0.3) is 0 Å². The Kier molecular flexibility index (Phi) is 5.40. The van der Waals surface area contributed by atoms with Crippen LogP contribution in [0.1, 0.15) is 43.0 Å². The van der Waals surface area contributed by atoms with Crippen molar-refractivity contribution in [3.05, 3.63) is 65.2 Å². The first-order valence-corrected chi connectivity index (χ1v) is 7.54. The number of hydrogen-bond acceptors (Lipinski definition) is 2. The first kappa shape index (κ1) is 15.1. The molecular formula is C19H22N2. The molecule has 0 aliphatic rings. The predicted octanol–water partition coefficient (Wildman–Crippen LogP) is 4.88. The van der Waals surface area contributed by atoms with Gasteiger partial charge in [0.2, 0.25) is 0 Å². The standard InChI is InChI=1S/C19H22N2/c1-3-4-16-5-9-18(10-6-16)15(2)21-19-11-7-17(8-12-19)13-14-20/h5-12,15,21H,3-4,13H2,1-2H3. The molecule has 2 heteroatoms. The lowest BCUT2D eigenvalue weighted by atomic mass is 10.0. The Morgan fingerprint density at radius 1 is 1.00 bits per heavy atom. The molecule has 1 atom stereocenters. The van der Waals surface area contributed by atoms with E-state index in [2.05, 4.69) is 49.5 Å². The Labute approximate surface area is 127 Å². The number of hydrogen-bond donors (Lipinski definition) is 1. The lowest BCUT2D eigenvalue weighted by Crippen LogP contribution is -2.06. The molecule has 0 saturated heterocycles. The van der Waals surface area contributed by atoms with E-state index in [0.29, 0.717) is 6.42 Å². The van der Waals surface area contributed by atoms with Gasteiger partial charge in [-0.15, -0.1) is 0 Å². The fraction of sp³-hybridized carbons (Fsp3) is 0.316. The van der Waals surface area contributed by atoms with Crippen molar-refractivity contribution in [1.82, 2.24) is 0 Å². The second kappa shape index (κ2) is 7.50. The van der Waals surface area contributed by atoms with Crippen LogP contribution < -0.4 is 5.32 Å². The van der Waals surface area contributed by atoms with E-state index in [0.717, 1.165) is 17.7 Å². The smallest absolute Gasteiger partial charge is 0.0669 e. The fourth-order valence-corrected chi connectivity index (χ4v) is 2.41. The fourth-order valence-electron chi connectivity index (χ4n) is 2.41. The number of nitriles is 1. The topological polar surface area (TPSA) is 35.8 Å². The van der Waals surface area contributed by atoms with Gasteiger partial charge in [0.25, 0.3) is 0 Å². The molecule has 2 aromatic rings. The molecule has 2 nitrogen and oxygen atoms in total. The highest BCUT2D eigenvalue weighted by atomic mass is 14.9. The van der Waals surface area contributed by atoms with Gasteiger partial charge in [0.1, 0.15) is 0 Å². The van der Waals surface area contributed by atoms with Crippen LogP contribution in [-0.2, 0) is 12.8 Å². The molecule has 0 aliphatic heterocycles. The van der Waals surface area contributed by atoms with E-state index in [-0.39, 0.29) is 6.04 Å². The number of benzene rings is 2. The summed E-state index contributed by atoms with van der Waals surface area (Å²) >= 11 is 0. The van der Waals surface area contributed by atoms with Crippen molar-refractivity contribution in [3.8, 4) is 6.07 Å². The van der Waals surface area contributed by atoms with Gasteiger partial charge in [0, 0.05) is 11.7 Å². The minimum absolute atomic E-state index is 0.266. The Morgan fingerprint density at radius 2 is 1.62 bits per heavy atom. The molecule has 0 aliphatic carbocycles. The van der Waals surface area contributed by atoms with E-state index in [1.807, 2.05) is 24.3 Å². The maximum atomic E-state index is 8.68. The van der Waals surface area contributed by atoms with E-state index < -0.39 is 0 Å². The molecule has 0 amide bonds. The number of nitrogens with one attached hydrogen (secondary N) is 1. The molecule has 1 N–H and O–H groups in total. The molecule has 0 fully saturated rings. The van der Waals surface area contributed by atoms with Crippen LogP contribution in [0, 0.1) is 11.3 Å². The molecule has 2 rings (SSSR count). The van der Waals surface area contributed by atoms with Gasteiger partial charge in [-0.1, -0.05) is 49.7 Å². The number of rotatable bonds is 6. The van der Waals surface area contributed by atoms with Crippen LogP contribution >= 0.6 is 0 Å². The molecule has 0 heterocycles. The van der Waals surface area contributed by atoms with Gasteiger partial charge >= 0.3 is 0 Å². The third-order valence-corrected chi connectivity index (χ3v) is 3.64. The summed E-state index contributed by atoms with van der Waals surface area (Å²) in [5, 5.41) is 12.2. The van der Waals surface area contributed by atoms with Gasteiger partial charge in [0.15, 0.2) is 0 Å². The molecule has 108 valence electrons. The summed E-state index contributed by atoms with van der Waals surface area (Å²) in [5.41, 5.74) is 4.83. The van der Waals surface area contributed by atoms with Gasteiger partial charge in [0.05, 0.1) is 12.5 Å². The highest BCUT2D eigenvalue weighted by molar-refractivity contribution is 5.47. The minimum Gasteiger partial charge on any atom is -0.379 e. The lowest BCUT2D eigenvalue weighted by Gasteiger charge is -2.16. The van der Waals surface area contributed by atoms with Gasteiger partial charge in [-0.05, 0) is 42.2 Å². The Hall–Kier alpha value is -2.27. The summed E-state index contributed by atoms with van der Waals surface area (Å²) in [6, 6.07) is 19.3. The van der Waals surface area contributed by atoms with Crippen molar-refractivity contribution < 1.29 is 0 Å². The maximum Gasteiger partial charge on any atom is 0.0669 e. The van der Waals surface area contributed by atoms with Crippen molar-refractivity contribution >= 4 is 5.69 Å². The zero-order valence-corrected chi connectivity index (χ0v) is 12.8. The van der Waals surface area contributed by atoms with Gasteiger partial charge in [-0.2, -0.15) is 5.26 Å². The highest BCUT2D eigenvalue weighted by Crippen LogP contribution is 2.20. The van der Waals surface area contributed by atoms with E-state index in [9.17, 15) is 0 Å². The number of nitrogens with zero attached hydrogens (tertiary/aromatic N) is 1. The normalized spacial score (nSPS) is 11.7. The summed E-state index contributed by atoms with van der Waals surface area (Å²) in [7, 11) is 0. The van der Waals surface area contributed by atoms with E-state index >= 15 is 0 Å². The number of aryl methyl sites for hydroxylation is 1. The highest BCUT2D eigenvalue weighted by Gasteiger charge is 2.05. The van der Waals surface area contributed by atoms with Gasteiger partial charge < -0.3 is 5.32 Å². The molecule has 0 saturated carbocycles. The summed E-state index contributed by atoms with van der Waals surface area (Å²) in [6.45, 7) is 4.37. The summed E-state index contributed by atoms with van der Waals surface area (Å²) in [6.07, 6.45) is 2.79. The summed E-state index contributed by atoms with van der Waals surface area (Å²) in [5.74, 6) is 0. The Morgan fingerprint density at radius 3 is 2.19 bits per heavy atom. The molecule has 0 bridgehead atoms. The average molecular weight is 278 g/mol. The van der Waals surface area contributed by atoms with Gasteiger partial charge in [-0.25, -0.2) is 0 Å². The van der Waals surface area contributed by atoms with E-state index in [4.69, 9.17) is 5.26 Å². The molecule has 0 radical (unpaired) electrons. The molecular weight excluding hydrogens is 256 g/mol. The zero-order chi connectivity index (χ0) is 15.1. The monoisotopic (exact) mass is 278 g/mol. The zero-order valence-electron chi connectivity index (χ0n) is 12.8. The lowest BCUT2D eigenvalue weighted by molar-refractivity contribution is 0.876. The first-order chi connectivity index (χ1) is 10.2. The van der Waals surface area contributed by atoms with Crippen molar-refractivity contribution in [2.45, 2.75) is 39.2 Å². The summed E-state index contributed by atoms with van der Waals surface area (Å²) in [4.78, 5) is 0. The predicted molar refractivity (Wildman–Crippen MR) is 88.2 cm³/mol. The van der Waals surface area contributed by atoms with E-state index in [1.54, 1.807) is 0 Å². The summed E-state index contributed by atoms with van der Waals surface area (Å²) < 4.78 is 0.